The molecular weight excluding hydrogens is 289 g/mol. The van der Waals surface area contributed by atoms with Gasteiger partial charge in [0.15, 0.2) is 0 Å². The fourth-order valence-electron chi connectivity index (χ4n) is 2.08. The average molecular weight is 302 g/mol. The number of benzene rings is 1. The molecule has 21 heavy (non-hydrogen) atoms. The molecule has 0 spiro atoms. The Morgan fingerprint density at radius 2 is 2.05 bits per heavy atom. The number of fused-ring (bicyclic) bond motifs is 1. The molecule has 2 N–H and O–H groups in total. The van der Waals surface area contributed by atoms with Gasteiger partial charge < -0.3 is 15.3 Å². The Morgan fingerprint density at radius 1 is 1.38 bits per heavy atom. The summed E-state index contributed by atoms with van der Waals surface area (Å²) in [6.07, 6.45) is -4.81. The van der Waals surface area contributed by atoms with E-state index in [0.29, 0.717) is 11.2 Å². The molecule has 2 aromatic rings. The third kappa shape index (κ3) is 2.88. The summed E-state index contributed by atoms with van der Waals surface area (Å²) in [5, 5.41) is 0.246. The van der Waals surface area contributed by atoms with Gasteiger partial charge in [0.25, 0.3) is 0 Å². The van der Waals surface area contributed by atoms with Crippen LogP contribution in [-0.4, -0.2) is 23.6 Å². The maximum atomic E-state index is 12.3. The molecular formula is C13H13F3N2O3. The highest BCUT2D eigenvalue weighted by Gasteiger charge is 2.31. The lowest BCUT2D eigenvalue weighted by Crippen LogP contribution is -2.17. The Bertz CT molecular complexity index is 692. The summed E-state index contributed by atoms with van der Waals surface area (Å²) in [4.78, 5) is 11.9. The molecule has 2 rings (SSSR count). The second-order valence-electron chi connectivity index (χ2n) is 4.28. The Hall–Kier alpha value is -2.38. The van der Waals surface area contributed by atoms with Crippen LogP contribution in [0.3, 0.4) is 0 Å². The van der Waals surface area contributed by atoms with Gasteiger partial charge in [0.1, 0.15) is 5.75 Å². The van der Waals surface area contributed by atoms with Crippen molar-refractivity contribution in [2.75, 3.05) is 12.4 Å². The van der Waals surface area contributed by atoms with E-state index in [1.165, 1.54) is 10.7 Å². The number of hydrogen-bond acceptors (Lipinski definition) is 4. The minimum absolute atomic E-state index is 0.127. The van der Waals surface area contributed by atoms with Crippen LogP contribution in [0.1, 0.15) is 23.0 Å². The number of rotatable bonds is 3. The first-order valence-electron chi connectivity index (χ1n) is 6.07. The van der Waals surface area contributed by atoms with E-state index in [1.54, 1.807) is 13.8 Å². The van der Waals surface area contributed by atoms with E-state index in [9.17, 15) is 18.0 Å². The lowest BCUT2D eigenvalue weighted by Gasteiger charge is -2.09. The van der Waals surface area contributed by atoms with Crippen molar-refractivity contribution >= 4 is 16.9 Å². The third-order valence-electron chi connectivity index (χ3n) is 2.93. The Labute approximate surface area is 118 Å². The van der Waals surface area contributed by atoms with Gasteiger partial charge in [0.05, 0.1) is 23.4 Å². The molecule has 0 unspecified atom stereocenters. The number of hydrogen-bond donors (Lipinski definition) is 1. The number of nitrogens with zero attached hydrogens (tertiary/aromatic N) is 1. The minimum atomic E-state index is -4.81. The van der Waals surface area contributed by atoms with Gasteiger partial charge in [0, 0.05) is 5.39 Å². The topological polar surface area (TPSA) is 66.5 Å². The molecule has 114 valence electrons. The predicted octanol–water partition coefficient (Wildman–Crippen LogP) is 2.74. The second-order valence-corrected chi connectivity index (χ2v) is 4.28. The highest BCUT2D eigenvalue weighted by atomic mass is 19.4. The Balaban J connectivity index is 2.59. The summed E-state index contributed by atoms with van der Waals surface area (Å²) in [5.74, 6) is 4.73. The lowest BCUT2D eigenvalue weighted by atomic mass is 10.1. The average Bonchev–Trinajstić information content (AvgIpc) is 2.60. The number of halogens is 3. The normalized spacial score (nSPS) is 11.7. The van der Waals surface area contributed by atoms with Gasteiger partial charge >= 0.3 is 12.3 Å². The van der Waals surface area contributed by atoms with E-state index in [2.05, 4.69) is 4.74 Å². The van der Waals surface area contributed by atoms with Gasteiger partial charge in [-0.15, -0.1) is 13.2 Å². The van der Waals surface area contributed by atoms with Crippen LogP contribution in [0, 0.1) is 6.92 Å². The molecule has 0 fully saturated rings. The van der Waals surface area contributed by atoms with Crippen molar-refractivity contribution in [1.29, 1.82) is 0 Å². The molecule has 0 aliphatic carbocycles. The van der Waals surface area contributed by atoms with Gasteiger partial charge in [-0.25, -0.2) is 4.79 Å². The second kappa shape index (κ2) is 5.19. The third-order valence-corrected chi connectivity index (χ3v) is 2.93. The molecule has 1 aromatic carbocycles. The SMILES string of the molecule is CCOC(=O)c1c(C)n(N)c2ccc(OC(F)(F)F)cc12. The first-order chi connectivity index (χ1) is 9.74. The standard InChI is InChI=1S/C13H13F3N2O3/c1-3-20-12(19)11-7(2)18(17)10-5-4-8(6-9(10)11)21-13(14,15)16/h4-6H,3,17H2,1-2H3. The van der Waals surface area contributed by atoms with Crippen molar-refractivity contribution in [2.45, 2.75) is 20.2 Å². The quantitative estimate of drug-likeness (QED) is 0.699. The Kier molecular flexibility index (Phi) is 3.71. The minimum Gasteiger partial charge on any atom is -0.462 e. The van der Waals surface area contributed by atoms with Crippen LogP contribution in [0.25, 0.3) is 10.9 Å². The molecule has 0 atom stereocenters. The molecule has 0 amide bonds. The zero-order chi connectivity index (χ0) is 15.8. The summed E-state index contributed by atoms with van der Waals surface area (Å²) >= 11 is 0. The number of aromatic nitrogens is 1. The predicted molar refractivity (Wildman–Crippen MR) is 69.5 cm³/mol. The number of esters is 1. The fourth-order valence-corrected chi connectivity index (χ4v) is 2.08. The number of nitrogen functional groups attached to an aromatic ring is 1. The van der Waals surface area contributed by atoms with Crippen LogP contribution >= 0.6 is 0 Å². The van der Waals surface area contributed by atoms with E-state index in [0.717, 1.165) is 12.1 Å². The van der Waals surface area contributed by atoms with Gasteiger partial charge in [-0.1, -0.05) is 0 Å². The maximum absolute atomic E-state index is 12.3. The van der Waals surface area contributed by atoms with E-state index in [4.69, 9.17) is 10.6 Å². The Morgan fingerprint density at radius 3 is 2.62 bits per heavy atom. The van der Waals surface area contributed by atoms with Crippen molar-refractivity contribution in [2.24, 2.45) is 0 Å². The fraction of sp³-hybridized carbons (Fsp3) is 0.308. The van der Waals surface area contributed by atoms with Crippen molar-refractivity contribution in [3.8, 4) is 5.75 Å². The first-order valence-corrected chi connectivity index (χ1v) is 6.07. The highest BCUT2D eigenvalue weighted by molar-refractivity contribution is 6.06. The first kappa shape index (κ1) is 15.0. The van der Waals surface area contributed by atoms with Gasteiger partial charge in [-0.05, 0) is 32.0 Å². The van der Waals surface area contributed by atoms with E-state index in [1.807, 2.05) is 0 Å². The zero-order valence-electron chi connectivity index (χ0n) is 11.3. The van der Waals surface area contributed by atoms with Crippen LogP contribution in [0.4, 0.5) is 13.2 Å². The largest absolute Gasteiger partial charge is 0.573 e. The molecule has 0 aliphatic heterocycles. The van der Waals surface area contributed by atoms with Crippen LogP contribution in [0.2, 0.25) is 0 Å². The number of carbonyl (C=O) groups excluding carboxylic acids is 1. The molecule has 0 aliphatic rings. The summed E-state index contributed by atoms with van der Waals surface area (Å²) in [6.45, 7) is 3.36. The summed E-state index contributed by atoms with van der Waals surface area (Å²) < 4.78 is 46.8. The molecule has 5 nitrogen and oxygen atoms in total. The van der Waals surface area contributed by atoms with Crippen molar-refractivity contribution in [3.63, 3.8) is 0 Å². The van der Waals surface area contributed by atoms with E-state index >= 15 is 0 Å². The van der Waals surface area contributed by atoms with E-state index in [-0.39, 0.29) is 17.6 Å². The monoisotopic (exact) mass is 302 g/mol. The van der Waals surface area contributed by atoms with Gasteiger partial charge in [0.2, 0.25) is 0 Å². The molecule has 0 saturated carbocycles. The van der Waals surface area contributed by atoms with Gasteiger partial charge in [-0.2, -0.15) is 0 Å². The maximum Gasteiger partial charge on any atom is 0.573 e. The van der Waals surface area contributed by atoms with Crippen LogP contribution in [-0.2, 0) is 4.74 Å². The van der Waals surface area contributed by atoms with Crippen molar-refractivity contribution < 1.29 is 27.4 Å². The van der Waals surface area contributed by atoms with Crippen molar-refractivity contribution in [3.05, 3.63) is 29.5 Å². The number of ether oxygens (including phenoxy) is 2. The van der Waals surface area contributed by atoms with Gasteiger partial charge in [-0.3, -0.25) is 4.68 Å². The van der Waals surface area contributed by atoms with Crippen LogP contribution < -0.4 is 10.6 Å². The van der Waals surface area contributed by atoms with Crippen LogP contribution in [0.5, 0.6) is 5.75 Å². The molecule has 0 bridgehead atoms. The molecule has 0 radical (unpaired) electrons. The molecule has 0 saturated heterocycles. The van der Waals surface area contributed by atoms with E-state index < -0.39 is 18.1 Å². The van der Waals surface area contributed by atoms with Crippen molar-refractivity contribution in [1.82, 2.24) is 4.68 Å². The zero-order valence-corrected chi connectivity index (χ0v) is 11.3. The number of carbonyl (C=O) groups is 1. The molecule has 1 aromatic heterocycles. The highest BCUT2D eigenvalue weighted by Crippen LogP contribution is 2.31. The molecule has 1 heterocycles. The lowest BCUT2D eigenvalue weighted by molar-refractivity contribution is -0.274. The number of alkyl halides is 3. The number of nitrogens with two attached hydrogens (primary N) is 1. The summed E-state index contributed by atoms with van der Waals surface area (Å²) in [6, 6.07) is 3.60. The molecule has 8 heteroatoms. The summed E-state index contributed by atoms with van der Waals surface area (Å²) in [5.41, 5.74) is 0.930. The smallest absolute Gasteiger partial charge is 0.462 e. The van der Waals surface area contributed by atoms with Crippen LogP contribution in [0.15, 0.2) is 18.2 Å². The summed E-state index contributed by atoms with van der Waals surface area (Å²) in [7, 11) is 0.